The van der Waals surface area contributed by atoms with E-state index in [1.165, 1.54) is 0 Å². The molecule has 4 rings (SSSR count). The van der Waals surface area contributed by atoms with Crippen molar-refractivity contribution in [2.45, 2.75) is 6.92 Å². The Balaban J connectivity index is 1.98. The van der Waals surface area contributed by atoms with Gasteiger partial charge in [0.2, 0.25) is 0 Å². The van der Waals surface area contributed by atoms with Crippen LogP contribution < -0.4 is 4.81 Å². The highest BCUT2D eigenvalue weighted by Crippen LogP contribution is 2.39. The van der Waals surface area contributed by atoms with E-state index in [2.05, 4.69) is 9.98 Å². The zero-order valence-corrected chi connectivity index (χ0v) is 12.4. The van der Waals surface area contributed by atoms with Crippen LogP contribution in [-0.4, -0.2) is 18.2 Å². The summed E-state index contributed by atoms with van der Waals surface area (Å²) in [6.45, 7) is 1.85. The van der Waals surface area contributed by atoms with Gasteiger partial charge in [0, 0.05) is 22.3 Å². The zero-order valence-electron chi connectivity index (χ0n) is 12.4. The molecule has 0 fully saturated rings. The van der Waals surface area contributed by atoms with Gasteiger partial charge in [-0.05, 0) is 30.5 Å². The Morgan fingerprint density at radius 3 is 2.48 bits per heavy atom. The van der Waals surface area contributed by atoms with Gasteiger partial charge in [0.05, 0.1) is 0 Å². The lowest BCUT2D eigenvalue weighted by atomic mass is 10.1. The van der Waals surface area contributed by atoms with E-state index >= 15 is 0 Å². The summed E-state index contributed by atoms with van der Waals surface area (Å²) in [6.07, 6.45) is 0. The zero-order chi connectivity index (χ0) is 16.0. The molecule has 0 unspecified atom stereocenters. The summed E-state index contributed by atoms with van der Waals surface area (Å²) in [4.78, 5) is 9.68. The van der Waals surface area contributed by atoms with Crippen LogP contribution >= 0.6 is 0 Å². The van der Waals surface area contributed by atoms with Gasteiger partial charge in [-0.15, -0.1) is 0 Å². The highest BCUT2D eigenvalue weighted by molar-refractivity contribution is 6.59. The van der Waals surface area contributed by atoms with E-state index in [0.717, 1.165) is 21.3 Å². The summed E-state index contributed by atoms with van der Waals surface area (Å²) < 4.78 is 27.4. The molecular formula is C17H12BF2N3. The quantitative estimate of drug-likeness (QED) is 0.658. The second-order valence-corrected chi connectivity index (χ2v) is 5.40. The standard InChI is InChI=1S/C17H12BF2N3/c1-11-5-2-10-15(21-11)22-17-13-8-3-6-12-7-4-9-14(16(12)13)23(17)18(19)20/h2-10H,1H3/b22-17-. The molecule has 0 spiro atoms. The minimum absolute atomic E-state index is 0.241. The largest absolute Gasteiger partial charge is 0.679 e. The van der Waals surface area contributed by atoms with E-state index in [1.54, 1.807) is 18.2 Å². The lowest BCUT2D eigenvalue weighted by molar-refractivity contribution is 0.660. The van der Waals surface area contributed by atoms with E-state index < -0.39 is 7.40 Å². The molecule has 3 nitrogen and oxygen atoms in total. The van der Waals surface area contributed by atoms with Crippen LogP contribution in [0.3, 0.4) is 0 Å². The molecule has 1 aromatic heterocycles. The van der Waals surface area contributed by atoms with Crippen molar-refractivity contribution in [1.82, 2.24) is 4.98 Å². The van der Waals surface area contributed by atoms with Gasteiger partial charge in [0.1, 0.15) is 5.84 Å². The Kier molecular flexibility index (Phi) is 3.11. The van der Waals surface area contributed by atoms with Crippen molar-refractivity contribution in [3.8, 4) is 0 Å². The molecule has 1 aliphatic rings. The number of anilines is 1. The van der Waals surface area contributed by atoms with Gasteiger partial charge < -0.3 is 4.81 Å². The Morgan fingerprint density at radius 1 is 1.00 bits per heavy atom. The maximum absolute atomic E-state index is 13.7. The van der Waals surface area contributed by atoms with Gasteiger partial charge in [0.25, 0.3) is 0 Å². The van der Waals surface area contributed by atoms with E-state index in [9.17, 15) is 8.63 Å². The number of hydrogen-bond donors (Lipinski definition) is 0. The Hall–Kier alpha value is -2.76. The summed E-state index contributed by atoms with van der Waals surface area (Å²) in [5.41, 5.74) is 1.99. The van der Waals surface area contributed by atoms with Gasteiger partial charge in [-0.3, -0.25) is 8.63 Å². The molecule has 0 aliphatic carbocycles. The molecule has 2 heterocycles. The van der Waals surface area contributed by atoms with Crippen LogP contribution in [0.5, 0.6) is 0 Å². The highest BCUT2D eigenvalue weighted by Gasteiger charge is 2.38. The van der Waals surface area contributed by atoms with E-state index in [0.29, 0.717) is 17.1 Å². The molecule has 2 aromatic carbocycles. The fourth-order valence-electron chi connectivity index (χ4n) is 2.96. The number of nitrogens with zero attached hydrogens (tertiary/aromatic N) is 3. The molecule has 3 aromatic rings. The van der Waals surface area contributed by atoms with Crippen LogP contribution in [-0.2, 0) is 0 Å². The fraction of sp³-hybridized carbons (Fsp3) is 0.0588. The van der Waals surface area contributed by atoms with Crippen molar-refractivity contribution >= 4 is 35.5 Å². The van der Waals surface area contributed by atoms with Crippen molar-refractivity contribution in [1.29, 1.82) is 0 Å². The first-order chi connectivity index (χ1) is 11.1. The van der Waals surface area contributed by atoms with Gasteiger partial charge in [-0.25, -0.2) is 9.98 Å². The number of aryl methyl sites for hydroxylation is 1. The summed E-state index contributed by atoms with van der Waals surface area (Å²) in [5, 5.41) is 1.73. The summed E-state index contributed by atoms with van der Waals surface area (Å²) in [7, 11) is -2.67. The molecule has 0 atom stereocenters. The first-order valence-electron chi connectivity index (χ1n) is 7.27. The molecule has 23 heavy (non-hydrogen) atoms. The SMILES string of the molecule is Cc1cccc(/N=C2/c3cccc4cccc(c34)N2B(F)F)n1. The topological polar surface area (TPSA) is 28.5 Å². The molecule has 6 heteroatoms. The van der Waals surface area contributed by atoms with E-state index in [-0.39, 0.29) is 5.84 Å². The third-order valence-corrected chi connectivity index (χ3v) is 3.90. The van der Waals surface area contributed by atoms with Crippen molar-refractivity contribution in [3.63, 3.8) is 0 Å². The predicted molar refractivity (Wildman–Crippen MR) is 89.6 cm³/mol. The third-order valence-electron chi connectivity index (χ3n) is 3.90. The molecule has 0 saturated carbocycles. The van der Waals surface area contributed by atoms with Crippen LogP contribution in [0.1, 0.15) is 11.3 Å². The minimum Gasteiger partial charge on any atom is -0.309 e. The van der Waals surface area contributed by atoms with Crippen molar-refractivity contribution in [3.05, 3.63) is 65.9 Å². The lowest BCUT2D eigenvalue weighted by Crippen LogP contribution is -2.36. The summed E-state index contributed by atoms with van der Waals surface area (Å²) in [5.74, 6) is 0.667. The maximum atomic E-state index is 13.7. The summed E-state index contributed by atoms with van der Waals surface area (Å²) in [6, 6.07) is 16.4. The third kappa shape index (κ3) is 2.18. The Bertz CT molecular complexity index is 935. The monoisotopic (exact) mass is 307 g/mol. The Morgan fingerprint density at radius 2 is 1.74 bits per heavy atom. The summed E-state index contributed by atoms with van der Waals surface area (Å²) >= 11 is 0. The fourth-order valence-corrected chi connectivity index (χ4v) is 2.96. The molecule has 112 valence electrons. The first-order valence-corrected chi connectivity index (χ1v) is 7.27. The smallest absolute Gasteiger partial charge is 0.309 e. The minimum atomic E-state index is -2.67. The van der Waals surface area contributed by atoms with Crippen LogP contribution in [0.25, 0.3) is 10.8 Å². The predicted octanol–water partition coefficient (Wildman–Crippen LogP) is 4.37. The number of pyridine rings is 1. The highest BCUT2D eigenvalue weighted by atomic mass is 19.2. The molecule has 0 radical (unpaired) electrons. The number of aromatic nitrogens is 1. The van der Waals surface area contributed by atoms with Crippen molar-refractivity contribution < 1.29 is 8.63 Å². The average molecular weight is 307 g/mol. The van der Waals surface area contributed by atoms with Gasteiger partial charge in [-0.2, -0.15) is 0 Å². The van der Waals surface area contributed by atoms with E-state index in [4.69, 9.17) is 0 Å². The van der Waals surface area contributed by atoms with Crippen LogP contribution in [0.15, 0.2) is 59.6 Å². The molecule has 1 aliphatic heterocycles. The number of aliphatic imine (C=N–C) groups is 1. The maximum Gasteiger partial charge on any atom is 0.679 e. The average Bonchev–Trinajstić information content (AvgIpc) is 2.84. The van der Waals surface area contributed by atoms with E-state index in [1.807, 2.05) is 43.3 Å². The first kappa shape index (κ1) is 13.9. The molecule has 0 bridgehead atoms. The Labute approximate surface area is 132 Å². The second-order valence-electron chi connectivity index (χ2n) is 5.40. The molecular weight excluding hydrogens is 295 g/mol. The number of hydrogen-bond acceptors (Lipinski definition) is 2. The van der Waals surface area contributed by atoms with Gasteiger partial charge in [0.15, 0.2) is 5.82 Å². The van der Waals surface area contributed by atoms with Crippen LogP contribution in [0.2, 0.25) is 0 Å². The van der Waals surface area contributed by atoms with Crippen LogP contribution in [0, 0.1) is 6.92 Å². The number of benzene rings is 2. The molecule has 0 N–H and O–H groups in total. The second kappa shape index (κ2) is 5.16. The number of halogens is 2. The number of rotatable bonds is 2. The van der Waals surface area contributed by atoms with Crippen LogP contribution in [0.4, 0.5) is 20.1 Å². The molecule has 0 amide bonds. The van der Waals surface area contributed by atoms with Crippen molar-refractivity contribution in [2.24, 2.45) is 4.99 Å². The van der Waals surface area contributed by atoms with Gasteiger partial charge >= 0.3 is 7.40 Å². The normalized spacial score (nSPS) is 14.7. The number of amidine groups is 1. The van der Waals surface area contributed by atoms with Gasteiger partial charge in [-0.1, -0.05) is 36.4 Å². The molecule has 0 saturated heterocycles. The van der Waals surface area contributed by atoms with Crippen molar-refractivity contribution in [2.75, 3.05) is 4.81 Å². The lowest BCUT2D eigenvalue weighted by Gasteiger charge is -2.17.